The molecule has 2 atom stereocenters. The molecule has 3 rings (SSSR count). The Balaban J connectivity index is 1.47. The van der Waals surface area contributed by atoms with Crippen molar-refractivity contribution in [1.29, 1.82) is 0 Å². The van der Waals surface area contributed by atoms with Crippen LogP contribution in [-0.4, -0.2) is 58.7 Å². The predicted molar refractivity (Wildman–Crippen MR) is 116 cm³/mol. The van der Waals surface area contributed by atoms with Gasteiger partial charge < -0.3 is 18.9 Å². The van der Waals surface area contributed by atoms with Gasteiger partial charge in [0.2, 0.25) is 12.1 Å². The van der Waals surface area contributed by atoms with Gasteiger partial charge in [-0.25, -0.2) is 9.59 Å². The Morgan fingerprint density at radius 3 is 1.21 bits per heavy atom. The molecule has 0 amide bonds. The zero-order valence-corrected chi connectivity index (χ0v) is 19.3. The van der Waals surface area contributed by atoms with E-state index in [2.05, 4.69) is 0 Å². The quantitative estimate of drug-likeness (QED) is 0.296. The highest BCUT2D eigenvalue weighted by Crippen LogP contribution is 2.28. The van der Waals surface area contributed by atoms with Crippen LogP contribution >= 0.6 is 0 Å². The van der Waals surface area contributed by atoms with Crippen molar-refractivity contribution in [1.82, 2.24) is 0 Å². The Labute approximate surface area is 197 Å². The molecule has 0 spiro atoms. The van der Waals surface area contributed by atoms with Crippen LogP contribution in [0.3, 0.4) is 0 Å². The fourth-order valence-corrected chi connectivity index (χ4v) is 5.01. The van der Waals surface area contributed by atoms with Crippen LogP contribution in [0.1, 0.15) is 89.9 Å². The third-order valence-electron chi connectivity index (χ3n) is 7.05. The molecule has 0 aromatic heterocycles. The number of carbonyl (C=O) groups is 2. The molecule has 12 heteroatoms. The zero-order valence-electron chi connectivity index (χ0n) is 19.3. The maximum Gasteiger partial charge on any atom is 0.508 e. The lowest BCUT2D eigenvalue weighted by atomic mass is 9.93. The summed E-state index contributed by atoms with van der Waals surface area (Å²) in [6, 6.07) is -1.19. The minimum atomic E-state index is -0.852. The Hall–Kier alpha value is -2.66. The second-order valence-electron chi connectivity index (χ2n) is 9.47. The molecule has 2 unspecified atom stereocenters. The van der Waals surface area contributed by atoms with E-state index in [0.29, 0.717) is 64.2 Å². The summed E-state index contributed by atoms with van der Waals surface area (Å²) in [5, 5.41) is 21.8. The molecule has 0 aliphatic heterocycles. The minimum absolute atomic E-state index is 0.294. The van der Waals surface area contributed by atoms with Crippen LogP contribution in [0.2, 0.25) is 0 Å². The third kappa shape index (κ3) is 7.98. The van der Waals surface area contributed by atoms with Gasteiger partial charge in [-0.2, -0.15) is 0 Å². The maximum absolute atomic E-state index is 12.4. The van der Waals surface area contributed by atoms with E-state index in [4.69, 9.17) is 18.9 Å². The van der Waals surface area contributed by atoms with Crippen LogP contribution in [0.5, 0.6) is 0 Å². The van der Waals surface area contributed by atoms with E-state index < -0.39 is 48.8 Å². The lowest BCUT2D eigenvalue weighted by Gasteiger charge is -2.30. The van der Waals surface area contributed by atoms with E-state index in [1.807, 2.05) is 0 Å². The smallest absolute Gasteiger partial charge is 0.431 e. The highest BCUT2D eigenvalue weighted by molar-refractivity contribution is 5.61. The van der Waals surface area contributed by atoms with Gasteiger partial charge in [-0.15, -0.1) is 0 Å². The summed E-state index contributed by atoms with van der Waals surface area (Å²) in [5.41, 5.74) is 0. The first-order valence-corrected chi connectivity index (χ1v) is 12.3. The standard InChI is InChI=1S/C22H34N2O10/c25-21(31-17-11-7-15(8-12-17)23(27)28)33-19-5-3-1-2-4-6-20(19)34-22(26)32-18-13-9-16(10-14-18)24(29)30/h15-20H,1-14H2. The van der Waals surface area contributed by atoms with Crippen molar-refractivity contribution >= 4 is 12.3 Å². The summed E-state index contributed by atoms with van der Waals surface area (Å²) in [7, 11) is 0. The molecule has 3 aliphatic rings. The summed E-state index contributed by atoms with van der Waals surface area (Å²) in [6.07, 6.45) is 3.84. The van der Waals surface area contributed by atoms with E-state index in [-0.39, 0.29) is 9.85 Å². The monoisotopic (exact) mass is 486 g/mol. The molecule has 0 heterocycles. The van der Waals surface area contributed by atoms with Crippen LogP contribution in [0.25, 0.3) is 0 Å². The molecule has 3 fully saturated rings. The number of carbonyl (C=O) groups excluding carboxylic acids is 2. The van der Waals surface area contributed by atoms with Gasteiger partial charge in [-0.3, -0.25) is 20.2 Å². The van der Waals surface area contributed by atoms with Gasteiger partial charge in [0.15, 0.2) is 0 Å². The average molecular weight is 487 g/mol. The third-order valence-corrected chi connectivity index (χ3v) is 7.05. The Morgan fingerprint density at radius 2 is 0.882 bits per heavy atom. The molecule has 34 heavy (non-hydrogen) atoms. The van der Waals surface area contributed by atoms with Crippen LogP contribution in [0, 0.1) is 20.2 Å². The fourth-order valence-electron chi connectivity index (χ4n) is 5.01. The highest BCUT2D eigenvalue weighted by atomic mass is 16.8. The number of nitrogens with zero attached hydrogens (tertiary/aromatic N) is 2. The van der Waals surface area contributed by atoms with E-state index >= 15 is 0 Å². The summed E-state index contributed by atoms with van der Waals surface area (Å²) in [5.74, 6) is 0. The summed E-state index contributed by atoms with van der Waals surface area (Å²) in [6.45, 7) is 0. The maximum atomic E-state index is 12.4. The molecular weight excluding hydrogens is 452 g/mol. The topological polar surface area (TPSA) is 157 Å². The van der Waals surface area contributed by atoms with Crippen molar-refractivity contribution in [3.05, 3.63) is 20.2 Å². The van der Waals surface area contributed by atoms with E-state index in [9.17, 15) is 29.8 Å². The SMILES string of the molecule is O=C(OC1CCC([N+](=O)[O-])CC1)OC1CCCCCCC1OC(=O)OC1CCC([N+](=O)[O-])CC1. The summed E-state index contributed by atoms with van der Waals surface area (Å²) in [4.78, 5) is 46.0. The van der Waals surface area contributed by atoms with Crippen LogP contribution in [-0.2, 0) is 18.9 Å². The second-order valence-corrected chi connectivity index (χ2v) is 9.47. The summed E-state index contributed by atoms with van der Waals surface area (Å²) >= 11 is 0. The number of rotatable bonds is 6. The molecule has 0 bridgehead atoms. The van der Waals surface area contributed by atoms with Gasteiger partial charge in [0.05, 0.1) is 0 Å². The van der Waals surface area contributed by atoms with Crippen molar-refractivity contribution in [2.24, 2.45) is 0 Å². The molecule has 192 valence electrons. The van der Waals surface area contributed by atoms with Crippen LogP contribution in [0.15, 0.2) is 0 Å². The minimum Gasteiger partial charge on any atom is -0.431 e. The van der Waals surface area contributed by atoms with Crippen molar-refractivity contribution in [3.8, 4) is 0 Å². The van der Waals surface area contributed by atoms with Crippen molar-refractivity contribution in [3.63, 3.8) is 0 Å². The number of hydrogen-bond acceptors (Lipinski definition) is 10. The molecule has 12 nitrogen and oxygen atoms in total. The first kappa shape index (κ1) is 26.0. The Kier molecular flexibility index (Phi) is 9.70. The van der Waals surface area contributed by atoms with E-state index in [1.54, 1.807) is 0 Å². The van der Waals surface area contributed by atoms with Crippen LogP contribution < -0.4 is 0 Å². The van der Waals surface area contributed by atoms with Gasteiger partial charge in [-0.05, 0) is 51.4 Å². The van der Waals surface area contributed by atoms with Gasteiger partial charge in [0.25, 0.3) is 0 Å². The molecule has 0 radical (unpaired) electrons. The Bertz CT molecular complexity index is 656. The molecule has 3 aliphatic carbocycles. The largest absolute Gasteiger partial charge is 0.508 e. The number of nitro groups is 2. The van der Waals surface area contributed by atoms with Gasteiger partial charge in [-0.1, -0.05) is 12.8 Å². The fraction of sp³-hybridized carbons (Fsp3) is 0.909. The van der Waals surface area contributed by atoms with Crippen molar-refractivity contribution in [2.45, 2.75) is 126 Å². The number of hydrogen-bond donors (Lipinski definition) is 0. The summed E-state index contributed by atoms with van der Waals surface area (Å²) < 4.78 is 21.9. The van der Waals surface area contributed by atoms with E-state index in [1.165, 1.54) is 0 Å². The normalized spacial score (nSPS) is 32.4. The van der Waals surface area contributed by atoms with E-state index in [0.717, 1.165) is 25.7 Å². The number of ether oxygens (including phenoxy) is 4. The van der Waals surface area contributed by atoms with Crippen molar-refractivity contribution < 1.29 is 38.4 Å². The molecule has 0 aromatic carbocycles. The molecule has 3 saturated carbocycles. The molecule has 0 saturated heterocycles. The van der Waals surface area contributed by atoms with Crippen LogP contribution in [0.4, 0.5) is 9.59 Å². The lowest BCUT2D eigenvalue weighted by Crippen LogP contribution is -2.39. The predicted octanol–water partition coefficient (Wildman–Crippen LogP) is 4.56. The van der Waals surface area contributed by atoms with Gasteiger partial charge >= 0.3 is 12.3 Å². The Morgan fingerprint density at radius 1 is 0.529 bits per heavy atom. The molecular formula is C22H34N2O10. The average Bonchev–Trinajstić information content (AvgIpc) is 2.78. The highest BCUT2D eigenvalue weighted by Gasteiger charge is 2.35. The van der Waals surface area contributed by atoms with Gasteiger partial charge in [0, 0.05) is 35.5 Å². The van der Waals surface area contributed by atoms with Crippen molar-refractivity contribution in [2.75, 3.05) is 0 Å². The zero-order chi connectivity index (χ0) is 24.5. The molecule has 0 aromatic rings. The molecule has 0 N–H and O–H groups in total. The first-order chi connectivity index (χ1) is 16.3. The second kappa shape index (κ2) is 12.7. The first-order valence-electron chi connectivity index (χ1n) is 12.3. The lowest BCUT2D eigenvalue weighted by molar-refractivity contribution is -0.527. The van der Waals surface area contributed by atoms with Gasteiger partial charge in [0.1, 0.15) is 24.4 Å².